The lowest BCUT2D eigenvalue weighted by Crippen LogP contribution is -2.37. The van der Waals surface area contributed by atoms with Gasteiger partial charge in [-0.15, -0.1) is 0 Å². The first-order valence-corrected chi connectivity index (χ1v) is 9.74. The highest BCUT2D eigenvalue weighted by Gasteiger charge is 2.11. The molecule has 0 aliphatic heterocycles. The Bertz CT molecular complexity index is 871. The third kappa shape index (κ3) is 6.15. The third-order valence-electron chi connectivity index (χ3n) is 3.64. The number of carbonyl (C=O) groups is 1. The second-order valence-electron chi connectivity index (χ2n) is 5.46. The summed E-state index contributed by atoms with van der Waals surface area (Å²) in [5.74, 6) is 1.23. The molecule has 8 nitrogen and oxygen atoms in total. The molecule has 2 aromatic rings. The third-order valence-corrected chi connectivity index (χ3v) is 5.06. The summed E-state index contributed by atoms with van der Waals surface area (Å²) in [6.45, 7) is 0.786. The molecule has 0 aliphatic rings. The summed E-state index contributed by atoms with van der Waals surface area (Å²) in [5, 5.41) is 5.34. The molecule has 0 bridgehead atoms. The van der Waals surface area contributed by atoms with E-state index in [9.17, 15) is 13.2 Å². The largest absolute Gasteiger partial charge is 0.493 e. The molecule has 0 aromatic heterocycles. The zero-order chi connectivity index (χ0) is 19.7. The Kier molecular flexibility index (Phi) is 7.44. The van der Waals surface area contributed by atoms with Gasteiger partial charge in [0.25, 0.3) is 0 Å². The van der Waals surface area contributed by atoms with Crippen LogP contribution in [0.3, 0.4) is 0 Å². The molecular formula is C18H23N3O5S. The number of ether oxygens (including phenoxy) is 2. The van der Waals surface area contributed by atoms with Crippen LogP contribution in [-0.2, 0) is 16.6 Å². The van der Waals surface area contributed by atoms with Gasteiger partial charge in [-0.25, -0.2) is 17.9 Å². The zero-order valence-corrected chi connectivity index (χ0v) is 16.0. The smallest absolute Gasteiger partial charge is 0.315 e. The van der Waals surface area contributed by atoms with Gasteiger partial charge >= 0.3 is 6.03 Å². The maximum absolute atomic E-state index is 11.9. The Hall–Kier alpha value is -2.78. The number of hydrogen-bond acceptors (Lipinski definition) is 5. The predicted molar refractivity (Wildman–Crippen MR) is 101 cm³/mol. The number of urea groups is 1. The lowest BCUT2D eigenvalue weighted by atomic mass is 10.2. The summed E-state index contributed by atoms with van der Waals surface area (Å²) in [6.07, 6.45) is 0. The van der Waals surface area contributed by atoms with E-state index >= 15 is 0 Å². The number of hydrogen-bond donors (Lipinski definition) is 3. The Labute approximate surface area is 158 Å². The first-order chi connectivity index (χ1) is 13.0. The highest BCUT2D eigenvalue weighted by atomic mass is 32.2. The summed E-state index contributed by atoms with van der Waals surface area (Å²) in [7, 11) is -0.606. The van der Waals surface area contributed by atoms with Gasteiger partial charge in [-0.3, -0.25) is 0 Å². The minimum Gasteiger partial charge on any atom is -0.493 e. The lowest BCUT2D eigenvalue weighted by Gasteiger charge is -2.11. The molecule has 0 fully saturated rings. The number of methoxy groups -OCH3 is 1. The molecule has 27 heavy (non-hydrogen) atoms. The molecule has 0 heterocycles. The summed E-state index contributed by atoms with van der Waals surface area (Å²) >= 11 is 0. The number of para-hydroxylation sites is 2. The van der Waals surface area contributed by atoms with Gasteiger partial charge in [0.2, 0.25) is 10.0 Å². The van der Waals surface area contributed by atoms with Gasteiger partial charge in [0.05, 0.1) is 18.6 Å². The van der Waals surface area contributed by atoms with Crippen LogP contribution in [0.1, 0.15) is 5.56 Å². The molecule has 0 spiro atoms. The molecule has 146 valence electrons. The SMILES string of the molecule is CNS(=O)(=O)c1cccc(CNC(=O)NCCOc2ccccc2OC)c1. The summed E-state index contributed by atoms with van der Waals surface area (Å²) < 4.78 is 36.6. The van der Waals surface area contributed by atoms with Gasteiger partial charge in [-0.2, -0.15) is 0 Å². The van der Waals surface area contributed by atoms with Crippen LogP contribution < -0.4 is 24.8 Å². The van der Waals surface area contributed by atoms with Crippen molar-refractivity contribution < 1.29 is 22.7 Å². The quantitative estimate of drug-likeness (QED) is 0.560. The normalized spacial score (nSPS) is 10.9. The average Bonchev–Trinajstić information content (AvgIpc) is 2.70. The van der Waals surface area contributed by atoms with Crippen molar-refractivity contribution in [2.45, 2.75) is 11.4 Å². The van der Waals surface area contributed by atoms with Crippen LogP contribution >= 0.6 is 0 Å². The number of carbonyl (C=O) groups excluding carboxylic acids is 1. The van der Waals surface area contributed by atoms with Crippen molar-refractivity contribution in [2.75, 3.05) is 27.3 Å². The maximum Gasteiger partial charge on any atom is 0.315 e. The van der Waals surface area contributed by atoms with Crippen molar-refractivity contribution in [3.8, 4) is 11.5 Å². The minimum absolute atomic E-state index is 0.148. The average molecular weight is 393 g/mol. The topological polar surface area (TPSA) is 106 Å². The molecule has 2 aromatic carbocycles. The lowest BCUT2D eigenvalue weighted by molar-refractivity contribution is 0.235. The molecule has 2 amide bonds. The van der Waals surface area contributed by atoms with E-state index < -0.39 is 10.0 Å². The second kappa shape index (κ2) is 9.79. The van der Waals surface area contributed by atoms with E-state index in [0.29, 0.717) is 23.6 Å². The van der Waals surface area contributed by atoms with E-state index in [1.54, 1.807) is 31.4 Å². The van der Waals surface area contributed by atoms with Crippen LogP contribution in [0.25, 0.3) is 0 Å². The van der Waals surface area contributed by atoms with Crippen LogP contribution in [0.15, 0.2) is 53.4 Å². The first-order valence-electron chi connectivity index (χ1n) is 8.26. The molecule has 2 rings (SSSR count). The van der Waals surface area contributed by atoms with Gasteiger partial charge in [-0.05, 0) is 36.9 Å². The van der Waals surface area contributed by atoms with Gasteiger partial charge in [0.15, 0.2) is 11.5 Å². The van der Waals surface area contributed by atoms with Gasteiger partial charge in [-0.1, -0.05) is 24.3 Å². The van der Waals surface area contributed by atoms with Crippen LogP contribution in [0.4, 0.5) is 4.79 Å². The second-order valence-corrected chi connectivity index (χ2v) is 7.35. The van der Waals surface area contributed by atoms with Crippen molar-refractivity contribution in [1.29, 1.82) is 0 Å². The number of benzene rings is 2. The van der Waals surface area contributed by atoms with E-state index in [4.69, 9.17) is 9.47 Å². The van der Waals surface area contributed by atoms with Crippen molar-refractivity contribution in [3.63, 3.8) is 0 Å². The van der Waals surface area contributed by atoms with E-state index in [-0.39, 0.29) is 24.1 Å². The van der Waals surface area contributed by atoms with Crippen molar-refractivity contribution >= 4 is 16.1 Å². The van der Waals surface area contributed by atoms with Gasteiger partial charge in [0, 0.05) is 6.54 Å². The van der Waals surface area contributed by atoms with Gasteiger partial charge < -0.3 is 20.1 Å². The van der Waals surface area contributed by atoms with Crippen molar-refractivity contribution in [2.24, 2.45) is 0 Å². The first kappa shape index (κ1) is 20.5. The summed E-state index contributed by atoms with van der Waals surface area (Å²) in [4.78, 5) is 12.0. The Morgan fingerprint density at radius 1 is 1.04 bits per heavy atom. The molecule has 3 N–H and O–H groups in total. The fraction of sp³-hybridized carbons (Fsp3) is 0.278. The highest BCUT2D eigenvalue weighted by Crippen LogP contribution is 2.25. The number of rotatable bonds is 9. The van der Waals surface area contributed by atoms with E-state index in [2.05, 4.69) is 15.4 Å². The summed E-state index contributed by atoms with van der Waals surface area (Å²) in [6, 6.07) is 13.2. The fourth-order valence-corrected chi connectivity index (χ4v) is 3.05. The molecule has 9 heteroatoms. The van der Waals surface area contributed by atoms with Crippen molar-refractivity contribution in [3.05, 3.63) is 54.1 Å². The molecule has 0 unspecified atom stereocenters. The molecule has 0 aliphatic carbocycles. The number of sulfonamides is 1. The predicted octanol–water partition coefficient (Wildman–Crippen LogP) is 1.48. The fourth-order valence-electron chi connectivity index (χ4n) is 2.25. The molecule has 0 atom stereocenters. The van der Waals surface area contributed by atoms with Crippen molar-refractivity contribution in [1.82, 2.24) is 15.4 Å². The summed E-state index contributed by atoms with van der Waals surface area (Å²) in [5.41, 5.74) is 0.673. The highest BCUT2D eigenvalue weighted by molar-refractivity contribution is 7.89. The molecule has 0 saturated heterocycles. The van der Waals surface area contributed by atoms with Crippen LogP contribution in [0.2, 0.25) is 0 Å². The standard InChI is InChI=1S/C18H23N3O5S/c1-19-27(23,24)15-7-5-6-14(12-15)13-21-18(22)20-10-11-26-17-9-4-3-8-16(17)25-2/h3-9,12,19H,10-11,13H2,1-2H3,(H2,20,21,22). The molecular weight excluding hydrogens is 370 g/mol. The Balaban J connectivity index is 1.76. The van der Waals surface area contributed by atoms with Crippen LogP contribution in [0, 0.1) is 0 Å². The van der Waals surface area contributed by atoms with Gasteiger partial charge in [0.1, 0.15) is 6.61 Å². The van der Waals surface area contributed by atoms with E-state index in [1.165, 1.54) is 19.2 Å². The van der Waals surface area contributed by atoms with Crippen LogP contribution in [-0.4, -0.2) is 41.8 Å². The minimum atomic E-state index is -3.51. The molecule has 0 radical (unpaired) electrons. The Morgan fingerprint density at radius 3 is 2.48 bits per heavy atom. The monoisotopic (exact) mass is 393 g/mol. The van der Waals surface area contributed by atoms with Crippen LogP contribution in [0.5, 0.6) is 11.5 Å². The Morgan fingerprint density at radius 2 is 1.78 bits per heavy atom. The maximum atomic E-state index is 11.9. The van der Waals surface area contributed by atoms with E-state index in [0.717, 1.165) is 0 Å². The number of nitrogens with one attached hydrogen (secondary N) is 3. The number of amides is 2. The van der Waals surface area contributed by atoms with E-state index in [1.807, 2.05) is 12.1 Å². The zero-order valence-electron chi connectivity index (χ0n) is 15.2. The molecule has 0 saturated carbocycles.